The highest BCUT2D eigenvalue weighted by molar-refractivity contribution is 6.31. The van der Waals surface area contributed by atoms with Gasteiger partial charge in [0, 0.05) is 12.1 Å². The van der Waals surface area contributed by atoms with Gasteiger partial charge in [0.05, 0.1) is 23.1 Å². The van der Waals surface area contributed by atoms with Crippen LogP contribution in [-0.4, -0.2) is 15.7 Å². The number of aryl methyl sites for hydroxylation is 1. The third-order valence-corrected chi connectivity index (χ3v) is 2.77. The number of nitrogens with zero attached hydrogens (tertiary/aromatic N) is 3. The highest BCUT2D eigenvalue weighted by Gasteiger charge is 2.16. The number of nitriles is 1. The molecule has 7 heteroatoms. The first kappa shape index (κ1) is 12.9. The van der Waals surface area contributed by atoms with Gasteiger partial charge in [-0.2, -0.15) is 10.4 Å². The Morgan fingerprint density at radius 2 is 2.32 bits per heavy atom. The molecule has 96 valence electrons. The largest absolute Gasteiger partial charge is 0.396 e. The van der Waals surface area contributed by atoms with E-state index in [0.717, 1.165) is 0 Å². The lowest BCUT2D eigenvalue weighted by molar-refractivity contribution is 0.101. The van der Waals surface area contributed by atoms with E-state index >= 15 is 0 Å². The van der Waals surface area contributed by atoms with Crippen LogP contribution in [0.5, 0.6) is 0 Å². The fourth-order valence-electron chi connectivity index (χ4n) is 1.63. The molecule has 0 bridgehead atoms. The molecule has 0 spiro atoms. The Labute approximate surface area is 114 Å². The van der Waals surface area contributed by atoms with E-state index < -0.39 is 5.91 Å². The van der Waals surface area contributed by atoms with E-state index in [2.05, 4.69) is 10.4 Å². The van der Waals surface area contributed by atoms with Crippen LogP contribution in [0.2, 0.25) is 5.02 Å². The van der Waals surface area contributed by atoms with Gasteiger partial charge in [-0.25, -0.2) is 0 Å². The molecule has 1 amide bonds. The summed E-state index contributed by atoms with van der Waals surface area (Å²) < 4.78 is 1.36. The number of amides is 1. The van der Waals surface area contributed by atoms with Gasteiger partial charge in [-0.1, -0.05) is 11.6 Å². The number of anilines is 2. The Morgan fingerprint density at radius 3 is 2.89 bits per heavy atom. The molecule has 0 aliphatic carbocycles. The van der Waals surface area contributed by atoms with E-state index in [9.17, 15) is 4.79 Å². The minimum atomic E-state index is -0.448. The molecule has 3 N–H and O–H groups in total. The van der Waals surface area contributed by atoms with Gasteiger partial charge in [0.15, 0.2) is 0 Å². The Balaban J connectivity index is 2.35. The van der Waals surface area contributed by atoms with Crippen LogP contribution in [0, 0.1) is 11.3 Å². The second kappa shape index (κ2) is 5.00. The Hall–Kier alpha value is -2.52. The number of halogens is 1. The summed E-state index contributed by atoms with van der Waals surface area (Å²) >= 11 is 5.84. The van der Waals surface area contributed by atoms with Gasteiger partial charge < -0.3 is 11.1 Å². The van der Waals surface area contributed by atoms with E-state index in [1.807, 2.05) is 6.07 Å². The molecule has 0 unspecified atom stereocenters. The predicted octanol–water partition coefficient (Wildman–Crippen LogP) is 1.78. The monoisotopic (exact) mass is 275 g/mol. The molecule has 19 heavy (non-hydrogen) atoms. The zero-order valence-corrected chi connectivity index (χ0v) is 10.8. The lowest BCUT2D eigenvalue weighted by atomic mass is 10.2. The van der Waals surface area contributed by atoms with Crippen LogP contribution in [0.4, 0.5) is 11.4 Å². The molecule has 6 nitrogen and oxygen atoms in total. The summed E-state index contributed by atoms with van der Waals surface area (Å²) in [6.45, 7) is 0. The van der Waals surface area contributed by atoms with Crippen LogP contribution < -0.4 is 11.1 Å². The van der Waals surface area contributed by atoms with Crippen molar-refractivity contribution < 1.29 is 4.79 Å². The topological polar surface area (TPSA) is 96.7 Å². The second-order valence-corrected chi connectivity index (χ2v) is 4.26. The third kappa shape index (κ3) is 2.51. The molecule has 0 radical (unpaired) electrons. The van der Waals surface area contributed by atoms with Crippen molar-refractivity contribution >= 4 is 28.9 Å². The number of nitrogen functional groups attached to an aromatic ring is 1. The van der Waals surface area contributed by atoms with E-state index in [1.165, 1.54) is 23.0 Å². The van der Waals surface area contributed by atoms with E-state index in [4.69, 9.17) is 22.6 Å². The molecule has 0 fully saturated rings. The van der Waals surface area contributed by atoms with Gasteiger partial charge >= 0.3 is 0 Å². The number of nitrogens with two attached hydrogens (primary N) is 1. The smallest absolute Gasteiger partial charge is 0.276 e. The molecule has 0 atom stereocenters. The number of benzene rings is 1. The maximum atomic E-state index is 12.1. The molecule has 0 aliphatic heterocycles. The maximum absolute atomic E-state index is 12.1. The van der Waals surface area contributed by atoms with Gasteiger partial charge in [-0.15, -0.1) is 0 Å². The van der Waals surface area contributed by atoms with E-state index in [-0.39, 0.29) is 11.4 Å². The maximum Gasteiger partial charge on any atom is 0.276 e. The van der Waals surface area contributed by atoms with Crippen molar-refractivity contribution in [2.75, 3.05) is 11.1 Å². The number of carbonyl (C=O) groups excluding carboxylic acids is 1. The van der Waals surface area contributed by atoms with Gasteiger partial charge in [0.1, 0.15) is 11.8 Å². The minimum Gasteiger partial charge on any atom is -0.396 e. The molecule has 0 aliphatic rings. The van der Waals surface area contributed by atoms with Crippen LogP contribution in [-0.2, 0) is 7.05 Å². The standard InChI is InChI=1S/C12H10ClN5O/c1-18-11(9(15)6-16-18)12(19)17-10-4-8(13)3-2-7(10)5-14/h2-4,6H,15H2,1H3,(H,17,19). The lowest BCUT2D eigenvalue weighted by Gasteiger charge is -2.08. The molecule has 2 rings (SSSR count). The molecule has 1 aromatic carbocycles. The minimum absolute atomic E-state index is 0.226. The van der Waals surface area contributed by atoms with Crippen molar-refractivity contribution in [2.45, 2.75) is 0 Å². The molecule has 2 aromatic rings. The van der Waals surface area contributed by atoms with Crippen molar-refractivity contribution in [2.24, 2.45) is 7.05 Å². The Bertz CT molecular complexity index is 666. The first-order valence-corrected chi connectivity index (χ1v) is 5.69. The zero-order valence-electron chi connectivity index (χ0n) is 10.0. The molecule has 1 heterocycles. The summed E-state index contributed by atoms with van der Waals surface area (Å²) in [7, 11) is 1.61. The van der Waals surface area contributed by atoms with Gasteiger partial charge in [-0.3, -0.25) is 9.48 Å². The van der Waals surface area contributed by atoms with Crippen LogP contribution in [0.25, 0.3) is 0 Å². The number of aromatic nitrogens is 2. The fraction of sp³-hybridized carbons (Fsp3) is 0.0833. The SMILES string of the molecule is Cn1ncc(N)c1C(=O)Nc1cc(Cl)ccc1C#N. The number of nitrogens with one attached hydrogen (secondary N) is 1. The molecule has 1 aromatic heterocycles. The van der Waals surface area contributed by atoms with Crippen molar-refractivity contribution in [3.05, 3.63) is 40.7 Å². The average molecular weight is 276 g/mol. The average Bonchev–Trinajstić information content (AvgIpc) is 2.69. The van der Waals surface area contributed by atoms with Crippen LogP contribution in [0.1, 0.15) is 16.1 Å². The van der Waals surface area contributed by atoms with Crippen molar-refractivity contribution in [3.8, 4) is 6.07 Å². The summed E-state index contributed by atoms with van der Waals surface area (Å²) in [5.41, 5.74) is 6.80. The third-order valence-electron chi connectivity index (χ3n) is 2.53. The second-order valence-electron chi connectivity index (χ2n) is 3.83. The van der Waals surface area contributed by atoms with Crippen LogP contribution in [0.3, 0.4) is 0 Å². The summed E-state index contributed by atoms with van der Waals surface area (Å²) in [6.07, 6.45) is 1.39. The molecule has 0 saturated heterocycles. The number of hydrogen-bond donors (Lipinski definition) is 2. The number of hydrogen-bond acceptors (Lipinski definition) is 4. The van der Waals surface area contributed by atoms with Gasteiger partial charge in [0.2, 0.25) is 0 Å². The summed E-state index contributed by atoms with van der Waals surface area (Å²) in [5.74, 6) is -0.448. The Kier molecular flexibility index (Phi) is 3.40. The number of rotatable bonds is 2. The normalized spacial score (nSPS) is 9.95. The zero-order chi connectivity index (χ0) is 14.0. The number of carbonyl (C=O) groups is 1. The first-order valence-electron chi connectivity index (χ1n) is 5.31. The van der Waals surface area contributed by atoms with Crippen LogP contribution in [0.15, 0.2) is 24.4 Å². The highest BCUT2D eigenvalue weighted by atomic mass is 35.5. The van der Waals surface area contributed by atoms with Crippen molar-refractivity contribution in [3.63, 3.8) is 0 Å². The highest BCUT2D eigenvalue weighted by Crippen LogP contribution is 2.21. The van der Waals surface area contributed by atoms with Crippen molar-refractivity contribution in [1.82, 2.24) is 9.78 Å². The summed E-state index contributed by atoms with van der Waals surface area (Å²) in [6, 6.07) is 6.59. The summed E-state index contributed by atoms with van der Waals surface area (Å²) in [5, 5.41) is 15.9. The lowest BCUT2D eigenvalue weighted by Crippen LogP contribution is -2.18. The first-order chi connectivity index (χ1) is 9.02. The molecular formula is C12H10ClN5O. The van der Waals surface area contributed by atoms with E-state index in [1.54, 1.807) is 13.1 Å². The Morgan fingerprint density at radius 1 is 1.58 bits per heavy atom. The van der Waals surface area contributed by atoms with Crippen LogP contribution >= 0.6 is 11.6 Å². The summed E-state index contributed by atoms with van der Waals surface area (Å²) in [4.78, 5) is 12.1. The van der Waals surface area contributed by atoms with Gasteiger partial charge in [-0.05, 0) is 18.2 Å². The predicted molar refractivity (Wildman–Crippen MR) is 71.7 cm³/mol. The van der Waals surface area contributed by atoms with Crippen molar-refractivity contribution in [1.29, 1.82) is 5.26 Å². The van der Waals surface area contributed by atoms with E-state index in [0.29, 0.717) is 16.3 Å². The quantitative estimate of drug-likeness (QED) is 0.873. The van der Waals surface area contributed by atoms with Gasteiger partial charge in [0.25, 0.3) is 5.91 Å². The fourth-order valence-corrected chi connectivity index (χ4v) is 1.80. The molecular weight excluding hydrogens is 266 g/mol. The molecule has 0 saturated carbocycles.